The monoisotopic (exact) mass is 326 g/mol. The van der Waals surface area contributed by atoms with Crippen molar-refractivity contribution < 1.29 is 4.74 Å². The second-order valence-corrected chi connectivity index (χ2v) is 4.88. The molecule has 0 fully saturated rings. The van der Waals surface area contributed by atoms with E-state index in [9.17, 15) is 0 Å². The van der Waals surface area contributed by atoms with E-state index in [0.29, 0.717) is 12.4 Å². The molecule has 0 aliphatic rings. The minimum Gasteiger partial charge on any atom is -0.497 e. The molecule has 0 aliphatic carbocycles. The van der Waals surface area contributed by atoms with E-state index in [-0.39, 0.29) is 4.99 Å². The maximum atomic E-state index is 5.46. The zero-order valence-electron chi connectivity index (χ0n) is 9.63. The van der Waals surface area contributed by atoms with Gasteiger partial charge in [-0.05, 0) is 23.8 Å². The molecule has 0 bridgehead atoms. The number of hydrogen-bond acceptors (Lipinski definition) is 4. The number of nitrogens with two attached hydrogens (primary N) is 1. The predicted octanol–water partition coefficient (Wildman–Crippen LogP) is 1.73. The van der Waals surface area contributed by atoms with Crippen LogP contribution in [0.25, 0.3) is 0 Å². The summed E-state index contributed by atoms with van der Waals surface area (Å²) in [5.41, 5.74) is 6.50. The summed E-state index contributed by atoms with van der Waals surface area (Å²) in [6.45, 7) is 0.563. The molecule has 7 heteroatoms. The first kappa shape index (κ1) is 13.0. The second-order valence-electron chi connectivity index (χ2n) is 3.59. The fourth-order valence-corrected chi connectivity index (χ4v) is 1.92. The van der Waals surface area contributed by atoms with Crippen LogP contribution in [0.1, 0.15) is 11.4 Å². The van der Waals surface area contributed by atoms with Gasteiger partial charge in [0.15, 0.2) is 0 Å². The number of nitrogens with zero attached hydrogens (tertiary/aromatic N) is 3. The van der Waals surface area contributed by atoms with Gasteiger partial charge in [0, 0.05) is 4.47 Å². The summed E-state index contributed by atoms with van der Waals surface area (Å²) >= 11 is 8.30. The summed E-state index contributed by atoms with van der Waals surface area (Å²) in [5, 5.41) is 4.18. The van der Waals surface area contributed by atoms with Crippen LogP contribution in [-0.2, 0) is 6.54 Å². The molecular formula is C11H11BrN4OS. The Kier molecular flexibility index (Phi) is 3.93. The van der Waals surface area contributed by atoms with Gasteiger partial charge in [-0.2, -0.15) is 0 Å². The van der Waals surface area contributed by atoms with Crippen molar-refractivity contribution in [1.82, 2.24) is 14.8 Å². The third kappa shape index (κ3) is 2.85. The maximum Gasteiger partial charge on any atom is 0.208 e. The molecule has 1 aromatic carbocycles. The van der Waals surface area contributed by atoms with Gasteiger partial charge in [0.25, 0.3) is 0 Å². The smallest absolute Gasteiger partial charge is 0.208 e. The van der Waals surface area contributed by atoms with Crippen LogP contribution in [0.2, 0.25) is 0 Å². The summed E-state index contributed by atoms with van der Waals surface area (Å²) in [6, 6.07) is 5.75. The van der Waals surface area contributed by atoms with E-state index in [0.717, 1.165) is 15.8 Å². The molecule has 0 aliphatic heterocycles. The lowest BCUT2D eigenvalue weighted by atomic mass is 10.2. The number of ether oxygens (including phenoxy) is 1. The highest BCUT2D eigenvalue weighted by Crippen LogP contribution is 2.23. The van der Waals surface area contributed by atoms with Crippen LogP contribution in [0.3, 0.4) is 0 Å². The Hall–Kier alpha value is -1.47. The Morgan fingerprint density at radius 3 is 2.94 bits per heavy atom. The van der Waals surface area contributed by atoms with Gasteiger partial charge in [0.05, 0.1) is 13.7 Å². The van der Waals surface area contributed by atoms with E-state index in [2.05, 4.69) is 26.0 Å². The van der Waals surface area contributed by atoms with Crippen LogP contribution in [0.5, 0.6) is 5.75 Å². The highest BCUT2D eigenvalue weighted by atomic mass is 79.9. The van der Waals surface area contributed by atoms with E-state index in [1.54, 1.807) is 18.1 Å². The first-order valence-electron chi connectivity index (χ1n) is 5.12. The normalized spacial score (nSPS) is 10.3. The number of benzene rings is 1. The van der Waals surface area contributed by atoms with Crippen molar-refractivity contribution in [2.24, 2.45) is 5.73 Å². The number of methoxy groups -OCH3 is 1. The molecule has 1 aromatic heterocycles. The quantitative estimate of drug-likeness (QED) is 0.867. The summed E-state index contributed by atoms with van der Waals surface area (Å²) in [7, 11) is 1.63. The summed E-state index contributed by atoms with van der Waals surface area (Å²) in [4.78, 5) is 4.22. The molecule has 5 nitrogen and oxygen atoms in total. The summed E-state index contributed by atoms with van der Waals surface area (Å²) in [6.07, 6.45) is 1.60. The van der Waals surface area contributed by atoms with Gasteiger partial charge < -0.3 is 10.5 Å². The fraction of sp³-hybridized carbons (Fsp3) is 0.182. The van der Waals surface area contributed by atoms with Gasteiger partial charge in [0.1, 0.15) is 17.1 Å². The molecule has 0 radical (unpaired) electrons. The SMILES string of the molecule is COc1ccc(Br)c(Cn2cnc(C(N)=S)n2)c1. The molecule has 0 amide bonds. The Labute approximate surface area is 118 Å². The fourth-order valence-electron chi connectivity index (χ4n) is 1.46. The van der Waals surface area contributed by atoms with Crippen LogP contribution in [0.4, 0.5) is 0 Å². The number of aromatic nitrogens is 3. The molecular weight excluding hydrogens is 316 g/mol. The van der Waals surface area contributed by atoms with Crippen LogP contribution >= 0.6 is 28.1 Å². The third-order valence-corrected chi connectivity index (χ3v) is 3.30. The molecule has 2 rings (SSSR count). The second kappa shape index (κ2) is 5.45. The number of thiocarbonyl (C=S) groups is 1. The largest absolute Gasteiger partial charge is 0.497 e. The van der Waals surface area contributed by atoms with Gasteiger partial charge in [-0.1, -0.05) is 28.1 Å². The van der Waals surface area contributed by atoms with E-state index in [4.69, 9.17) is 22.7 Å². The molecule has 0 unspecified atom stereocenters. The first-order chi connectivity index (χ1) is 8.60. The van der Waals surface area contributed by atoms with Crippen LogP contribution in [0.15, 0.2) is 29.0 Å². The van der Waals surface area contributed by atoms with Crippen molar-refractivity contribution in [3.8, 4) is 5.75 Å². The van der Waals surface area contributed by atoms with E-state index in [1.165, 1.54) is 0 Å². The third-order valence-electron chi connectivity index (χ3n) is 2.34. The lowest BCUT2D eigenvalue weighted by Gasteiger charge is -2.07. The molecule has 18 heavy (non-hydrogen) atoms. The van der Waals surface area contributed by atoms with Gasteiger partial charge >= 0.3 is 0 Å². The Bertz CT molecular complexity index is 584. The average molecular weight is 327 g/mol. The van der Waals surface area contributed by atoms with Crippen LogP contribution in [-0.4, -0.2) is 26.9 Å². The molecule has 0 spiro atoms. The zero-order chi connectivity index (χ0) is 13.1. The number of halogens is 1. The van der Waals surface area contributed by atoms with Crippen molar-refractivity contribution >= 4 is 33.1 Å². The number of rotatable bonds is 4. The predicted molar refractivity (Wildman–Crippen MR) is 75.7 cm³/mol. The van der Waals surface area contributed by atoms with Crippen molar-refractivity contribution in [3.63, 3.8) is 0 Å². The molecule has 0 atom stereocenters. The Morgan fingerprint density at radius 1 is 1.56 bits per heavy atom. The molecule has 2 N–H and O–H groups in total. The zero-order valence-corrected chi connectivity index (χ0v) is 12.0. The molecule has 0 saturated carbocycles. The van der Waals surface area contributed by atoms with E-state index in [1.807, 2.05) is 18.2 Å². The summed E-state index contributed by atoms with van der Waals surface area (Å²) in [5.74, 6) is 1.17. The van der Waals surface area contributed by atoms with Crippen molar-refractivity contribution in [3.05, 3.63) is 40.4 Å². The molecule has 0 saturated heterocycles. The molecule has 1 heterocycles. The van der Waals surface area contributed by atoms with Crippen molar-refractivity contribution in [2.45, 2.75) is 6.54 Å². The highest BCUT2D eigenvalue weighted by Gasteiger charge is 2.07. The van der Waals surface area contributed by atoms with Crippen LogP contribution < -0.4 is 10.5 Å². The van der Waals surface area contributed by atoms with Crippen molar-refractivity contribution in [1.29, 1.82) is 0 Å². The van der Waals surface area contributed by atoms with Gasteiger partial charge in [-0.25, -0.2) is 9.67 Å². The molecule has 94 valence electrons. The Balaban J connectivity index is 2.24. The standard InChI is InChI=1S/C11H11BrN4OS/c1-17-8-2-3-9(12)7(4-8)5-16-6-14-11(15-16)10(13)18/h2-4,6H,5H2,1H3,(H2,13,18). The van der Waals surface area contributed by atoms with E-state index >= 15 is 0 Å². The number of hydrogen-bond donors (Lipinski definition) is 1. The van der Waals surface area contributed by atoms with E-state index < -0.39 is 0 Å². The first-order valence-corrected chi connectivity index (χ1v) is 6.32. The molecule has 2 aromatic rings. The van der Waals surface area contributed by atoms with Crippen molar-refractivity contribution in [2.75, 3.05) is 7.11 Å². The lowest BCUT2D eigenvalue weighted by Crippen LogP contribution is -2.12. The van der Waals surface area contributed by atoms with Gasteiger partial charge in [-0.15, -0.1) is 5.10 Å². The highest BCUT2D eigenvalue weighted by molar-refractivity contribution is 9.10. The maximum absolute atomic E-state index is 5.46. The minimum absolute atomic E-state index is 0.193. The lowest BCUT2D eigenvalue weighted by molar-refractivity contribution is 0.414. The topological polar surface area (TPSA) is 66.0 Å². The van der Waals surface area contributed by atoms with Gasteiger partial charge in [-0.3, -0.25) is 0 Å². The summed E-state index contributed by atoms with van der Waals surface area (Å²) < 4.78 is 7.84. The Morgan fingerprint density at radius 2 is 2.33 bits per heavy atom. The average Bonchev–Trinajstić information content (AvgIpc) is 2.81. The minimum atomic E-state index is 0.193. The van der Waals surface area contributed by atoms with Crippen LogP contribution in [0, 0.1) is 0 Å². The van der Waals surface area contributed by atoms with Gasteiger partial charge in [0.2, 0.25) is 5.82 Å².